The van der Waals surface area contributed by atoms with Gasteiger partial charge >= 0.3 is 0 Å². The molecule has 21 heavy (non-hydrogen) atoms. The first-order valence-corrected chi connectivity index (χ1v) is 7.97. The minimum atomic E-state index is -0.0945. The van der Waals surface area contributed by atoms with Crippen LogP contribution in [0.4, 0.5) is 10.1 Å². The van der Waals surface area contributed by atoms with Crippen LogP contribution >= 0.6 is 0 Å². The van der Waals surface area contributed by atoms with Crippen molar-refractivity contribution >= 4 is 5.69 Å². The average Bonchev–Trinajstić information content (AvgIpc) is 2.85. The molecule has 0 radical (unpaired) electrons. The summed E-state index contributed by atoms with van der Waals surface area (Å²) in [6.07, 6.45) is 2.28. The SMILES string of the molecule is CCNC(C)c1cccc(F)c1N1CCCC1CN(C)C. The summed E-state index contributed by atoms with van der Waals surface area (Å²) < 4.78 is 14.5. The first-order chi connectivity index (χ1) is 10.0. The Hall–Kier alpha value is -1.13. The van der Waals surface area contributed by atoms with Crippen molar-refractivity contribution in [1.29, 1.82) is 0 Å². The number of hydrogen-bond donors (Lipinski definition) is 1. The molecule has 0 spiro atoms. The maximum Gasteiger partial charge on any atom is 0.146 e. The van der Waals surface area contributed by atoms with E-state index in [1.54, 1.807) is 6.07 Å². The Morgan fingerprint density at radius 3 is 2.86 bits per heavy atom. The Morgan fingerprint density at radius 2 is 2.19 bits per heavy atom. The number of halogens is 1. The summed E-state index contributed by atoms with van der Waals surface area (Å²) in [6.45, 7) is 7.01. The smallest absolute Gasteiger partial charge is 0.146 e. The van der Waals surface area contributed by atoms with Gasteiger partial charge in [0.1, 0.15) is 5.82 Å². The normalized spacial score (nSPS) is 20.3. The number of hydrogen-bond acceptors (Lipinski definition) is 3. The fourth-order valence-electron chi connectivity index (χ4n) is 3.34. The topological polar surface area (TPSA) is 18.5 Å². The van der Waals surface area contributed by atoms with E-state index in [0.29, 0.717) is 6.04 Å². The predicted molar refractivity (Wildman–Crippen MR) is 87.4 cm³/mol. The van der Waals surface area contributed by atoms with Gasteiger partial charge in [0.25, 0.3) is 0 Å². The van der Waals surface area contributed by atoms with E-state index in [1.165, 1.54) is 0 Å². The third-order valence-electron chi connectivity index (χ3n) is 4.24. The summed E-state index contributed by atoms with van der Waals surface area (Å²) in [6, 6.07) is 6.03. The molecule has 0 aliphatic carbocycles. The summed E-state index contributed by atoms with van der Waals surface area (Å²) in [7, 11) is 4.17. The van der Waals surface area contributed by atoms with E-state index in [9.17, 15) is 4.39 Å². The van der Waals surface area contributed by atoms with Crippen LogP contribution in [-0.4, -0.2) is 44.7 Å². The number of nitrogens with zero attached hydrogens (tertiary/aromatic N) is 2. The second kappa shape index (κ2) is 7.23. The fourth-order valence-corrected chi connectivity index (χ4v) is 3.34. The van der Waals surface area contributed by atoms with Crippen molar-refractivity contribution in [2.45, 2.75) is 38.8 Å². The lowest BCUT2D eigenvalue weighted by Crippen LogP contribution is -2.39. The average molecular weight is 293 g/mol. The quantitative estimate of drug-likeness (QED) is 0.870. The Labute approximate surface area is 128 Å². The zero-order valence-corrected chi connectivity index (χ0v) is 13.7. The second-order valence-corrected chi connectivity index (χ2v) is 6.21. The van der Waals surface area contributed by atoms with Gasteiger partial charge in [-0.15, -0.1) is 0 Å². The first kappa shape index (κ1) is 16.2. The number of benzene rings is 1. The standard InChI is InChI=1S/C17H28FN3/c1-5-19-13(2)15-9-6-10-16(18)17(15)21-11-7-8-14(21)12-20(3)4/h6,9-10,13-14,19H,5,7-8,11-12H2,1-4H3. The van der Waals surface area contributed by atoms with Crippen molar-refractivity contribution in [3.8, 4) is 0 Å². The number of rotatable bonds is 6. The monoisotopic (exact) mass is 293 g/mol. The molecule has 1 saturated heterocycles. The Kier molecular flexibility index (Phi) is 5.59. The van der Waals surface area contributed by atoms with Gasteiger partial charge in [-0.1, -0.05) is 19.1 Å². The highest BCUT2D eigenvalue weighted by Gasteiger charge is 2.29. The molecule has 0 amide bonds. The first-order valence-electron chi connectivity index (χ1n) is 7.97. The molecule has 2 atom stereocenters. The molecule has 1 aromatic rings. The van der Waals surface area contributed by atoms with E-state index in [4.69, 9.17) is 0 Å². The van der Waals surface area contributed by atoms with E-state index >= 15 is 0 Å². The van der Waals surface area contributed by atoms with Crippen molar-refractivity contribution in [2.75, 3.05) is 38.6 Å². The zero-order chi connectivity index (χ0) is 15.4. The Balaban J connectivity index is 2.33. The lowest BCUT2D eigenvalue weighted by Gasteiger charge is -2.32. The summed E-state index contributed by atoms with van der Waals surface area (Å²) in [5, 5.41) is 3.40. The molecule has 4 heteroatoms. The molecule has 1 fully saturated rings. The van der Waals surface area contributed by atoms with Crippen LogP contribution in [0.15, 0.2) is 18.2 Å². The molecular formula is C17H28FN3. The highest BCUT2D eigenvalue weighted by molar-refractivity contribution is 5.57. The number of likely N-dealkylation sites (N-methyl/N-ethyl adjacent to an activating group) is 1. The largest absolute Gasteiger partial charge is 0.365 e. The van der Waals surface area contributed by atoms with E-state index in [0.717, 1.165) is 43.7 Å². The van der Waals surface area contributed by atoms with Gasteiger partial charge in [0, 0.05) is 25.2 Å². The van der Waals surface area contributed by atoms with Crippen LogP contribution in [0.5, 0.6) is 0 Å². The summed E-state index contributed by atoms with van der Waals surface area (Å²) in [4.78, 5) is 4.47. The molecule has 1 N–H and O–H groups in total. The van der Waals surface area contributed by atoms with Gasteiger partial charge in [-0.3, -0.25) is 0 Å². The van der Waals surface area contributed by atoms with Crippen molar-refractivity contribution in [1.82, 2.24) is 10.2 Å². The summed E-state index contributed by atoms with van der Waals surface area (Å²) in [5.41, 5.74) is 1.87. The van der Waals surface area contributed by atoms with Crippen molar-refractivity contribution in [3.63, 3.8) is 0 Å². The molecule has 0 saturated carbocycles. The van der Waals surface area contributed by atoms with E-state index < -0.39 is 0 Å². The van der Waals surface area contributed by atoms with Gasteiger partial charge in [0.05, 0.1) is 5.69 Å². The second-order valence-electron chi connectivity index (χ2n) is 6.21. The predicted octanol–water partition coefficient (Wildman–Crippen LogP) is 3.03. The molecule has 1 aliphatic heterocycles. The fraction of sp³-hybridized carbons (Fsp3) is 0.647. The lowest BCUT2D eigenvalue weighted by atomic mass is 10.0. The van der Waals surface area contributed by atoms with Crippen LogP contribution in [0.25, 0.3) is 0 Å². The van der Waals surface area contributed by atoms with E-state index in [-0.39, 0.29) is 11.9 Å². The zero-order valence-electron chi connectivity index (χ0n) is 13.7. The number of para-hydroxylation sites is 1. The minimum Gasteiger partial charge on any atom is -0.365 e. The number of nitrogens with one attached hydrogen (secondary N) is 1. The van der Waals surface area contributed by atoms with Crippen LogP contribution in [0, 0.1) is 5.82 Å². The maximum atomic E-state index is 14.5. The lowest BCUT2D eigenvalue weighted by molar-refractivity contribution is 0.370. The third-order valence-corrected chi connectivity index (χ3v) is 4.24. The van der Waals surface area contributed by atoms with E-state index in [1.807, 2.05) is 6.07 Å². The summed E-state index contributed by atoms with van der Waals surface area (Å²) >= 11 is 0. The molecule has 1 heterocycles. The molecule has 0 aromatic heterocycles. The van der Waals surface area contributed by atoms with Crippen LogP contribution < -0.4 is 10.2 Å². The molecule has 2 unspecified atom stereocenters. The van der Waals surface area contributed by atoms with Gasteiger partial charge in [-0.05, 0) is 52.0 Å². The van der Waals surface area contributed by atoms with Crippen LogP contribution in [0.1, 0.15) is 38.3 Å². The van der Waals surface area contributed by atoms with Gasteiger partial charge in [-0.25, -0.2) is 4.39 Å². The van der Waals surface area contributed by atoms with Crippen molar-refractivity contribution in [3.05, 3.63) is 29.6 Å². The summed E-state index contributed by atoms with van der Waals surface area (Å²) in [5.74, 6) is -0.0945. The molecular weight excluding hydrogens is 265 g/mol. The van der Waals surface area contributed by atoms with Crippen LogP contribution in [0.2, 0.25) is 0 Å². The van der Waals surface area contributed by atoms with Gasteiger partial charge < -0.3 is 15.1 Å². The Bertz CT molecular complexity index is 461. The number of anilines is 1. The molecule has 1 aromatic carbocycles. The Morgan fingerprint density at radius 1 is 1.43 bits per heavy atom. The van der Waals surface area contributed by atoms with Gasteiger partial charge in [0.2, 0.25) is 0 Å². The van der Waals surface area contributed by atoms with Crippen molar-refractivity contribution in [2.24, 2.45) is 0 Å². The third kappa shape index (κ3) is 3.74. The van der Waals surface area contributed by atoms with Gasteiger partial charge in [-0.2, -0.15) is 0 Å². The van der Waals surface area contributed by atoms with Crippen LogP contribution in [0.3, 0.4) is 0 Å². The molecule has 3 nitrogen and oxygen atoms in total. The van der Waals surface area contributed by atoms with Crippen molar-refractivity contribution < 1.29 is 4.39 Å². The van der Waals surface area contributed by atoms with E-state index in [2.05, 4.69) is 49.1 Å². The molecule has 118 valence electrons. The highest BCUT2D eigenvalue weighted by Crippen LogP contribution is 2.34. The molecule has 0 bridgehead atoms. The molecule has 2 rings (SSSR count). The highest BCUT2D eigenvalue weighted by atomic mass is 19.1. The minimum absolute atomic E-state index is 0.0945. The van der Waals surface area contributed by atoms with Gasteiger partial charge in [0.15, 0.2) is 0 Å². The maximum absolute atomic E-state index is 14.5. The van der Waals surface area contributed by atoms with Crippen LogP contribution in [-0.2, 0) is 0 Å². The molecule has 1 aliphatic rings.